The van der Waals surface area contributed by atoms with Gasteiger partial charge in [0.2, 0.25) is 5.90 Å². The van der Waals surface area contributed by atoms with Crippen LogP contribution < -0.4 is 10.2 Å². The van der Waals surface area contributed by atoms with E-state index in [0.717, 1.165) is 0 Å². The van der Waals surface area contributed by atoms with Crippen LogP contribution in [0, 0.1) is 5.92 Å². The summed E-state index contributed by atoms with van der Waals surface area (Å²) in [6.07, 6.45) is 1.75. The smallest absolute Gasteiger partial charge is 0.215 e. The maximum Gasteiger partial charge on any atom is 0.215 e. The lowest BCUT2D eigenvalue weighted by Crippen LogP contribution is -2.27. The number of nitrogens with zero attached hydrogens (tertiary/aromatic N) is 2. The summed E-state index contributed by atoms with van der Waals surface area (Å²) in [4.78, 5) is 28.2. The van der Waals surface area contributed by atoms with Gasteiger partial charge < -0.3 is 4.74 Å². The minimum atomic E-state index is -0.181. The molecule has 1 aromatic rings. The molecule has 0 aromatic heterocycles. The number of benzene rings is 1. The molecule has 0 amide bonds. The first-order valence-corrected chi connectivity index (χ1v) is 9.03. The Morgan fingerprint density at radius 2 is 1.85 bits per heavy atom. The molecule has 140 valence electrons. The molecule has 2 heterocycles. The van der Waals surface area contributed by atoms with Gasteiger partial charge in [0.05, 0.1) is 16.5 Å². The molecule has 0 unspecified atom stereocenters. The molecule has 0 spiro atoms. The lowest BCUT2D eigenvalue weighted by atomic mass is 9.97. The van der Waals surface area contributed by atoms with Gasteiger partial charge in [-0.05, 0) is 18.1 Å². The van der Waals surface area contributed by atoms with Crippen molar-refractivity contribution in [3.63, 3.8) is 0 Å². The number of carbonyl (C=O) groups excluding carboxylic acids is 2. The van der Waals surface area contributed by atoms with Crippen LogP contribution in [0.3, 0.4) is 0 Å². The predicted octanol–water partition coefficient (Wildman–Crippen LogP) is 3.72. The van der Waals surface area contributed by atoms with Crippen molar-refractivity contribution in [3.8, 4) is 5.75 Å². The lowest BCUT2D eigenvalue weighted by Gasteiger charge is -2.18. The monoisotopic (exact) mass is 405 g/mol. The summed E-state index contributed by atoms with van der Waals surface area (Å²) in [5.74, 6) is 0.305. The predicted molar refractivity (Wildman–Crippen MR) is 106 cm³/mol. The molecule has 2 aliphatic heterocycles. The quantitative estimate of drug-likeness (QED) is 0.830. The molecule has 0 bridgehead atoms. The van der Waals surface area contributed by atoms with E-state index in [1.165, 1.54) is 0 Å². The van der Waals surface area contributed by atoms with Crippen LogP contribution in [-0.4, -0.2) is 29.7 Å². The molecule has 6 nitrogen and oxygen atoms in total. The highest BCUT2D eigenvalue weighted by Gasteiger charge is 2.24. The fraction of sp³-hybridized carbons (Fsp3) is 0.263. The Labute approximate surface area is 166 Å². The molecule has 0 fully saturated rings. The van der Waals surface area contributed by atoms with E-state index in [-0.39, 0.29) is 57.9 Å². The van der Waals surface area contributed by atoms with Gasteiger partial charge in [0.15, 0.2) is 17.3 Å². The normalized spacial score (nSPS) is 17.4. The van der Waals surface area contributed by atoms with Gasteiger partial charge in [-0.3, -0.25) is 15.0 Å². The third-order valence-corrected chi connectivity index (χ3v) is 4.61. The molecule has 1 aromatic carbocycles. The van der Waals surface area contributed by atoms with Gasteiger partial charge in [0, 0.05) is 22.9 Å². The number of halogens is 2. The van der Waals surface area contributed by atoms with E-state index < -0.39 is 0 Å². The van der Waals surface area contributed by atoms with E-state index in [9.17, 15) is 9.59 Å². The number of aliphatic imine (C=N–C) groups is 1. The van der Waals surface area contributed by atoms with Crippen molar-refractivity contribution in [2.45, 2.75) is 20.3 Å². The van der Waals surface area contributed by atoms with Crippen molar-refractivity contribution < 1.29 is 14.3 Å². The summed E-state index contributed by atoms with van der Waals surface area (Å²) < 4.78 is 5.73. The number of nitrogens with one attached hydrogen (secondary N) is 1. The Bertz CT molecular complexity index is 923. The van der Waals surface area contributed by atoms with Crippen LogP contribution in [0.1, 0.15) is 25.8 Å². The zero-order valence-electron chi connectivity index (χ0n) is 14.8. The van der Waals surface area contributed by atoms with Crippen LogP contribution in [0.15, 0.2) is 46.2 Å². The Kier molecular flexibility index (Phi) is 5.48. The van der Waals surface area contributed by atoms with E-state index >= 15 is 0 Å². The minimum Gasteiger partial charge on any atom is -0.436 e. The topological polar surface area (TPSA) is 80.1 Å². The number of ether oxygens (including phenoxy) is 1. The first-order chi connectivity index (χ1) is 12.8. The zero-order chi connectivity index (χ0) is 19.7. The number of dihydropyridines is 1. The van der Waals surface area contributed by atoms with Gasteiger partial charge in [-0.2, -0.15) is 5.10 Å². The summed E-state index contributed by atoms with van der Waals surface area (Å²) in [6.45, 7) is 7.54. The van der Waals surface area contributed by atoms with Gasteiger partial charge in [0.1, 0.15) is 12.3 Å². The molecule has 2 aliphatic rings. The van der Waals surface area contributed by atoms with Crippen molar-refractivity contribution in [3.05, 3.63) is 51.7 Å². The number of allylic oxidation sites excluding steroid dienone is 1. The Balaban J connectivity index is 1.90. The number of hydrazone groups is 1. The molecule has 27 heavy (non-hydrogen) atoms. The molecule has 0 radical (unpaired) electrons. The maximum atomic E-state index is 12.2. The minimum absolute atomic E-state index is 0.0214. The summed E-state index contributed by atoms with van der Waals surface area (Å²) in [5.41, 5.74) is 4.56. The average molecular weight is 406 g/mol. The lowest BCUT2D eigenvalue weighted by molar-refractivity contribution is -0.115. The van der Waals surface area contributed by atoms with Gasteiger partial charge in [-0.15, -0.1) is 0 Å². The Morgan fingerprint density at radius 3 is 2.44 bits per heavy atom. The van der Waals surface area contributed by atoms with Crippen LogP contribution in [0.4, 0.5) is 0 Å². The molecular weight excluding hydrogens is 389 g/mol. The highest BCUT2D eigenvalue weighted by atomic mass is 35.5. The van der Waals surface area contributed by atoms with Crippen molar-refractivity contribution in [1.82, 2.24) is 5.43 Å². The van der Waals surface area contributed by atoms with E-state index in [1.807, 2.05) is 13.8 Å². The van der Waals surface area contributed by atoms with Crippen molar-refractivity contribution >= 4 is 46.4 Å². The number of ketones is 2. The molecule has 3 rings (SSSR count). The second-order valence-corrected chi connectivity index (χ2v) is 7.29. The highest BCUT2D eigenvalue weighted by molar-refractivity contribution is 6.48. The zero-order valence-corrected chi connectivity index (χ0v) is 16.3. The van der Waals surface area contributed by atoms with Gasteiger partial charge in [-0.1, -0.05) is 43.6 Å². The summed E-state index contributed by atoms with van der Waals surface area (Å²) in [5, 5.41) is 4.43. The number of hydrogen-bond donors (Lipinski definition) is 1. The second kappa shape index (κ2) is 7.66. The van der Waals surface area contributed by atoms with E-state index in [2.05, 4.69) is 22.1 Å². The SMILES string of the molecule is C=C1CC(=O)C(c2cc(Cl)c(OC3=NCC(=O)C(C(C)C)=C3)c(Cl)c2)=NN1. The van der Waals surface area contributed by atoms with Crippen LogP contribution in [0.2, 0.25) is 10.0 Å². The van der Waals surface area contributed by atoms with Gasteiger partial charge in [-0.25, -0.2) is 4.99 Å². The number of hydrogen-bond acceptors (Lipinski definition) is 6. The molecular formula is C19H17Cl2N3O3. The second-order valence-electron chi connectivity index (χ2n) is 6.48. The van der Waals surface area contributed by atoms with Crippen LogP contribution in [-0.2, 0) is 9.59 Å². The molecule has 1 N–H and O–H groups in total. The van der Waals surface area contributed by atoms with Crippen molar-refractivity contribution in [1.29, 1.82) is 0 Å². The van der Waals surface area contributed by atoms with Crippen LogP contribution in [0.5, 0.6) is 5.75 Å². The highest BCUT2D eigenvalue weighted by Crippen LogP contribution is 2.35. The van der Waals surface area contributed by atoms with Gasteiger partial charge >= 0.3 is 0 Å². The summed E-state index contributed by atoms with van der Waals surface area (Å²) >= 11 is 12.6. The standard InChI is InChI=1S/C19H17Cl2N3O3/c1-9(2)12-7-17(22-8-16(12)26)27-19-13(20)5-11(6-14(19)21)18-15(25)4-10(3)23-24-18/h5-7,9,23H,3-4,8H2,1-2H3. The summed E-state index contributed by atoms with van der Waals surface area (Å²) in [7, 11) is 0. The Hall–Kier alpha value is -2.44. The van der Waals surface area contributed by atoms with Crippen LogP contribution in [0.25, 0.3) is 0 Å². The van der Waals surface area contributed by atoms with Crippen molar-refractivity contribution in [2.75, 3.05) is 6.54 Å². The molecule has 0 saturated heterocycles. The van der Waals surface area contributed by atoms with Gasteiger partial charge in [0.25, 0.3) is 0 Å². The number of carbonyl (C=O) groups is 2. The van der Waals surface area contributed by atoms with E-state index in [1.54, 1.807) is 18.2 Å². The molecule has 8 heteroatoms. The number of rotatable bonds is 3. The van der Waals surface area contributed by atoms with E-state index in [4.69, 9.17) is 27.9 Å². The molecule has 0 atom stereocenters. The fourth-order valence-corrected chi connectivity index (χ4v) is 3.25. The first kappa shape index (κ1) is 19.3. The molecule has 0 saturated carbocycles. The fourth-order valence-electron chi connectivity index (χ4n) is 2.69. The first-order valence-electron chi connectivity index (χ1n) is 8.27. The van der Waals surface area contributed by atoms with Crippen LogP contribution >= 0.6 is 23.2 Å². The number of Topliss-reactive ketones (excluding diaryl/α,β-unsaturated/α-hetero) is 2. The largest absolute Gasteiger partial charge is 0.436 e. The maximum absolute atomic E-state index is 12.2. The third kappa shape index (κ3) is 4.12. The third-order valence-electron chi connectivity index (χ3n) is 4.04. The Morgan fingerprint density at radius 1 is 1.19 bits per heavy atom. The summed E-state index contributed by atoms with van der Waals surface area (Å²) in [6, 6.07) is 3.10. The average Bonchev–Trinajstić information content (AvgIpc) is 2.59. The van der Waals surface area contributed by atoms with E-state index in [0.29, 0.717) is 16.8 Å². The molecule has 0 aliphatic carbocycles. The van der Waals surface area contributed by atoms with Crippen molar-refractivity contribution in [2.24, 2.45) is 16.0 Å².